The van der Waals surface area contributed by atoms with Crippen LogP contribution in [0.3, 0.4) is 0 Å². The van der Waals surface area contributed by atoms with Crippen LogP contribution in [0.4, 0.5) is 5.00 Å². The Kier molecular flexibility index (Phi) is 5.19. The summed E-state index contributed by atoms with van der Waals surface area (Å²) in [6, 6.07) is 7.13. The minimum Gasteiger partial charge on any atom is -0.349 e. The van der Waals surface area contributed by atoms with Gasteiger partial charge in [0, 0.05) is 19.0 Å². The molecule has 1 aromatic heterocycles. The molecule has 8 heteroatoms. The summed E-state index contributed by atoms with van der Waals surface area (Å²) in [7, 11) is 0. The second-order valence-electron chi connectivity index (χ2n) is 7.37. The van der Waals surface area contributed by atoms with Crippen molar-refractivity contribution in [1.29, 1.82) is 0 Å². The van der Waals surface area contributed by atoms with Crippen molar-refractivity contribution in [2.24, 2.45) is 0 Å². The van der Waals surface area contributed by atoms with Gasteiger partial charge in [-0.15, -0.1) is 11.3 Å². The molecule has 1 aromatic carbocycles. The second kappa shape index (κ2) is 7.79. The van der Waals surface area contributed by atoms with E-state index in [1.54, 1.807) is 29.6 Å². The summed E-state index contributed by atoms with van der Waals surface area (Å²) >= 11 is 1.29. The SMILES string of the molecule is Cc1ccc2c(c1)C(=O)N(CCCC(=O)Nc1sccc1C(=O)NC1CC1)C2=O. The van der Waals surface area contributed by atoms with Crippen LogP contribution in [0, 0.1) is 6.92 Å². The predicted octanol–water partition coefficient (Wildman–Crippen LogP) is 2.96. The van der Waals surface area contributed by atoms with Crippen LogP contribution >= 0.6 is 11.3 Å². The summed E-state index contributed by atoms with van der Waals surface area (Å²) in [4.78, 5) is 50.6. The molecule has 0 saturated heterocycles. The van der Waals surface area contributed by atoms with E-state index in [0.717, 1.165) is 18.4 Å². The number of anilines is 1. The molecule has 0 spiro atoms. The number of fused-ring (bicyclic) bond motifs is 1. The Morgan fingerprint density at radius 2 is 1.90 bits per heavy atom. The molecular formula is C21H21N3O4S. The summed E-state index contributed by atoms with van der Waals surface area (Å²) in [6.45, 7) is 2.05. The molecule has 0 atom stereocenters. The second-order valence-corrected chi connectivity index (χ2v) is 8.29. The van der Waals surface area contributed by atoms with Gasteiger partial charge in [0.15, 0.2) is 0 Å². The summed E-state index contributed by atoms with van der Waals surface area (Å²) < 4.78 is 0. The Morgan fingerprint density at radius 1 is 1.14 bits per heavy atom. The van der Waals surface area contributed by atoms with E-state index in [0.29, 0.717) is 28.1 Å². The summed E-state index contributed by atoms with van der Waals surface area (Å²) in [5.74, 6) is -1.06. The highest BCUT2D eigenvalue weighted by Crippen LogP contribution is 2.27. The molecule has 29 heavy (non-hydrogen) atoms. The summed E-state index contributed by atoms with van der Waals surface area (Å²) in [5, 5.41) is 7.96. The molecule has 0 unspecified atom stereocenters. The topological polar surface area (TPSA) is 95.6 Å². The third-order valence-electron chi connectivity index (χ3n) is 4.99. The minimum absolute atomic E-state index is 0.147. The zero-order chi connectivity index (χ0) is 20.5. The van der Waals surface area contributed by atoms with Crippen LogP contribution in [0.15, 0.2) is 29.6 Å². The van der Waals surface area contributed by atoms with Crippen molar-refractivity contribution in [3.8, 4) is 0 Å². The number of hydrogen-bond donors (Lipinski definition) is 2. The molecule has 2 heterocycles. The first-order valence-electron chi connectivity index (χ1n) is 9.59. The van der Waals surface area contributed by atoms with Crippen molar-refractivity contribution in [3.05, 3.63) is 51.9 Å². The number of rotatable bonds is 7. The van der Waals surface area contributed by atoms with Gasteiger partial charge in [-0.2, -0.15) is 0 Å². The highest BCUT2D eigenvalue weighted by Gasteiger charge is 2.35. The fraction of sp³-hybridized carbons (Fsp3) is 0.333. The molecule has 2 aliphatic rings. The van der Waals surface area contributed by atoms with E-state index >= 15 is 0 Å². The molecular weight excluding hydrogens is 390 g/mol. The third kappa shape index (κ3) is 4.07. The van der Waals surface area contributed by atoms with Crippen LogP contribution in [0.5, 0.6) is 0 Å². The highest BCUT2D eigenvalue weighted by atomic mass is 32.1. The van der Waals surface area contributed by atoms with Crippen molar-refractivity contribution >= 4 is 40.0 Å². The van der Waals surface area contributed by atoms with Crippen LogP contribution in [-0.2, 0) is 4.79 Å². The van der Waals surface area contributed by atoms with Gasteiger partial charge in [0.2, 0.25) is 5.91 Å². The van der Waals surface area contributed by atoms with E-state index in [1.807, 2.05) is 6.92 Å². The maximum Gasteiger partial charge on any atom is 0.261 e. The van der Waals surface area contributed by atoms with Crippen LogP contribution in [0.25, 0.3) is 0 Å². The number of carbonyl (C=O) groups excluding carboxylic acids is 4. The molecule has 2 aromatic rings. The van der Waals surface area contributed by atoms with Gasteiger partial charge >= 0.3 is 0 Å². The van der Waals surface area contributed by atoms with Crippen LogP contribution in [0.2, 0.25) is 0 Å². The van der Waals surface area contributed by atoms with E-state index in [1.165, 1.54) is 16.2 Å². The van der Waals surface area contributed by atoms with E-state index in [-0.39, 0.29) is 42.6 Å². The van der Waals surface area contributed by atoms with E-state index in [2.05, 4.69) is 10.6 Å². The smallest absolute Gasteiger partial charge is 0.261 e. The van der Waals surface area contributed by atoms with Gasteiger partial charge in [0.1, 0.15) is 5.00 Å². The van der Waals surface area contributed by atoms with Crippen molar-refractivity contribution < 1.29 is 19.2 Å². The van der Waals surface area contributed by atoms with E-state index < -0.39 is 0 Å². The highest BCUT2D eigenvalue weighted by molar-refractivity contribution is 7.14. The Balaban J connectivity index is 1.30. The lowest BCUT2D eigenvalue weighted by Gasteiger charge is -2.13. The monoisotopic (exact) mass is 411 g/mol. The van der Waals surface area contributed by atoms with E-state index in [9.17, 15) is 19.2 Å². The molecule has 1 fully saturated rings. The Morgan fingerprint density at radius 3 is 2.66 bits per heavy atom. The number of carbonyl (C=O) groups is 4. The Labute approximate surface area is 172 Å². The first kappa shape index (κ1) is 19.3. The minimum atomic E-state index is -0.317. The summed E-state index contributed by atoms with van der Waals surface area (Å²) in [6.07, 6.45) is 2.49. The molecule has 150 valence electrons. The molecule has 1 aliphatic heterocycles. The number of hydrogen-bond acceptors (Lipinski definition) is 5. The van der Waals surface area contributed by atoms with Gasteiger partial charge < -0.3 is 10.6 Å². The number of imide groups is 1. The van der Waals surface area contributed by atoms with Crippen LogP contribution in [-0.4, -0.2) is 41.1 Å². The molecule has 0 bridgehead atoms. The fourth-order valence-electron chi connectivity index (χ4n) is 3.27. The standard InChI is InChI=1S/C21H21N3O4S/c1-12-4-7-14-16(11-12)21(28)24(20(14)27)9-2-3-17(25)23-19-15(8-10-29-19)18(26)22-13-5-6-13/h4,7-8,10-11,13H,2-3,5-6,9H2,1H3,(H,22,26)(H,23,25). The van der Waals surface area contributed by atoms with Gasteiger partial charge in [-0.3, -0.25) is 24.1 Å². The van der Waals surface area contributed by atoms with E-state index in [4.69, 9.17) is 0 Å². The lowest BCUT2D eigenvalue weighted by molar-refractivity contribution is -0.116. The average Bonchev–Trinajstić information content (AvgIpc) is 3.33. The number of nitrogens with one attached hydrogen (secondary N) is 2. The normalized spacial score (nSPS) is 15.4. The molecule has 0 radical (unpaired) electrons. The molecule has 1 saturated carbocycles. The molecule has 2 N–H and O–H groups in total. The zero-order valence-electron chi connectivity index (χ0n) is 16.0. The van der Waals surface area contributed by atoms with Crippen LogP contribution in [0.1, 0.15) is 62.3 Å². The maximum atomic E-state index is 12.5. The first-order chi connectivity index (χ1) is 13.9. The Hall–Kier alpha value is -3.00. The van der Waals surface area contributed by atoms with Crippen molar-refractivity contribution in [2.45, 2.75) is 38.6 Å². The number of benzene rings is 1. The molecule has 7 nitrogen and oxygen atoms in total. The lowest BCUT2D eigenvalue weighted by atomic mass is 10.1. The van der Waals surface area contributed by atoms with Gasteiger partial charge in [0.05, 0.1) is 16.7 Å². The van der Waals surface area contributed by atoms with Crippen LogP contribution < -0.4 is 10.6 Å². The predicted molar refractivity (Wildman–Crippen MR) is 109 cm³/mol. The van der Waals surface area contributed by atoms with Gasteiger partial charge in [-0.25, -0.2) is 0 Å². The quantitative estimate of drug-likeness (QED) is 0.685. The van der Waals surface area contributed by atoms with Gasteiger partial charge in [0.25, 0.3) is 17.7 Å². The fourth-order valence-corrected chi connectivity index (χ4v) is 4.07. The Bertz CT molecular complexity index is 1010. The lowest BCUT2D eigenvalue weighted by Crippen LogP contribution is -2.31. The zero-order valence-corrected chi connectivity index (χ0v) is 16.8. The first-order valence-corrected chi connectivity index (χ1v) is 10.5. The van der Waals surface area contributed by atoms with Gasteiger partial charge in [-0.1, -0.05) is 11.6 Å². The molecule has 1 aliphatic carbocycles. The number of aryl methyl sites for hydroxylation is 1. The van der Waals surface area contributed by atoms with Crippen molar-refractivity contribution in [3.63, 3.8) is 0 Å². The number of nitrogens with zero attached hydrogens (tertiary/aromatic N) is 1. The number of thiophene rings is 1. The molecule has 4 rings (SSSR count). The maximum absolute atomic E-state index is 12.5. The average molecular weight is 411 g/mol. The van der Waals surface area contributed by atoms with Crippen molar-refractivity contribution in [1.82, 2.24) is 10.2 Å². The summed E-state index contributed by atoms with van der Waals surface area (Å²) in [5.41, 5.74) is 2.22. The largest absolute Gasteiger partial charge is 0.349 e. The number of amides is 4. The van der Waals surface area contributed by atoms with Crippen molar-refractivity contribution in [2.75, 3.05) is 11.9 Å². The van der Waals surface area contributed by atoms with Gasteiger partial charge in [-0.05, 0) is 49.8 Å². The molecule has 4 amide bonds. The third-order valence-corrected chi connectivity index (χ3v) is 5.82.